The van der Waals surface area contributed by atoms with Crippen LogP contribution < -0.4 is 9.80 Å². The van der Waals surface area contributed by atoms with Gasteiger partial charge in [-0.3, -0.25) is 4.99 Å². The van der Waals surface area contributed by atoms with Crippen molar-refractivity contribution < 1.29 is 24.4 Å². The molecule has 3 aromatic heterocycles. The summed E-state index contributed by atoms with van der Waals surface area (Å²) in [6.45, 7) is 22.7. The van der Waals surface area contributed by atoms with Crippen molar-refractivity contribution in [2.24, 2.45) is 4.99 Å². The molecule has 0 spiro atoms. The molecule has 0 atom stereocenters. The van der Waals surface area contributed by atoms with Gasteiger partial charge in [0.1, 0.15) is 24.1 Å². The quantitative estimate of drug-likeness (QED) is 0.0933. The number of nitrogens with zero attached hydrogens (tertiary/aromatic N) is 7. The van der Waals surface area contributed by atoms with Crippen LogP contribution in [0.25, 0.3) is 22.2 Å². The van der Waals surface area contributed by atoms with E-state index in [-0.39, 0.29) is 0 Å². The zero-order valence-corrected chi connectivity index (χ0v) is 37.6. The van der Waals surface area contributed by atoms with Crippen LogP contribution in [0.15, 0.2) is 78.0 Å². The van der Waals surface area contributed by atoms with Gasteiger partial charge in [-0.1, -0.05) is 37.8 Å². The van der Waals surface area contributed by atoms with Gasteiger partial charge in [0.15, 0.2) is 0 Å². The molecule has 3 aliphatic rings. The Morgan fingerprint density at radius 3 is 1.88 bits per heavy atom. The number of fused-ring (bicyclic) bond motifs is 2. The molecular formula is C47H63N7O5Si. The van der Waals surface area contributed by atoms with E-state index in [0.717, 1.165) is 121 Å². The highest BCUT2D eigenvalue weighted by Crippen LogP contribution is 2.32. The Morgan fingerprint density at radius 2 is 1.28 bits per heavy atom. The first-order chi connectivity index (χ1) is 28.6. The highest BCUT2D eigenvalue weighted by Gasteiger charge is 2.23. The maximum Gasteiger partial charge on any atom is 0.140 e. The highest BCUT2D eigenvalue weighted by molar-refractivity contribution is 6.76. The molecule has 0 amide bonds. The first kappa shape index (κ1) is 43.6. The highest BCUT2D eigenvalue weighted by atomic mass is 28.3. The Hall–Kier alpha value is -4.50. The molecule has 0 unspecified atom stereocenters. The standard InChI is InChI=1S/C26H38N4O3Si.C21H25N3O2/c1-26(2,31)18-20-6-7-23-22(16-20)25(28-30(23)19-33-14-15-34(3,4)5)21-8-9-27-24(17-21)29-10-12-32-13-11-29;1-21(2,25)13-15-3-4-17-14-23-20(18(17)11-15)16-5-6-22-19(12-16)24-7-9-26-10-8-24/h6-9,16-17,31H,10-15,18-19H2,1-5H3;3-6,11-12,25H,7-10,13-14H2,1-2H3. The predicted octanol–water partition coefficient (Wildman–Crippen LogP) is 7.14. The summed E-state index contributed by atoms with van der Waals surface area (Å²) in [6, 6.07) is 22.2. The van der Waals surface area contributed by atoms with E-state index in [2.05, 4.69) is 87.9 Å². The average molecular weight is 834 g/mol. The molecular weight excluding hydrogens is 771 g/mol. The second kappa shape index (κ2) is 18.6. The normalized spacial score (nSPS) is 16.1. The lowest BCUT2D eigenvalue weighted by Gasteiger charge is -2.28. The van der Waals surface area contributed by atoms with Crippen molar-refractivity contribution in [1.82, 2.24) is 19.7 Å². The molecule has 5 aromatic rings. The minimum absolute atomic E-state index is 0.424. The molecule has 0 radical (unpaired) electrons. The number of aromatic nitrogens is 4. The number of rotatable bonds is 13. The molecule has 3 aliphatic heterocycles. The van der Waals surface area contributed by atoms with Crippen molar-refractivity contribution in [1.29, 1.82) is 0 Å². The van der Waals surface area contributed by atoms with Gasteiger partial charge in [-0.15, -0.1) is 0 Å². The van der Waals surface area contributed by atoms with E-state index in [4.69, 9.17) is 24.3 Å². The lowest BCUT2D eigenvalue weighted by molar-refractivity contribution is 0.0802. The maximum atomic E-state index is 10.4. The molecule has 0 saturated carbocycles. The van der Waals surface area contributed by atoms with Crippen molar-refractivity contribution in [2.45, 2.75) is 90.7 Å². The van der Waals surface area contributed by atoms with Gasteiger partial charge in [0.05, 0.1) is 55.4 Å². The van der Waals surface area contributed by atoms with Crippen LogP contribution >= 0.6 is 0 Å². The van der Waals surface area contributed by atoms with E-state index in [1.54, 1.807) is 0 Å². The molecule has 0 bridgehead atoms. The van der Waals surface area contributed by atoms with Gasteiger partial charge in [0.2, 0.25) is 0 Å². The van der Waals surface area contributed by atoms with Crippen molar-refractivity contribution in [3.63, 3.8) is 0 Å². The third-order valence-electron chi connectivity index (χ3n) is 10.8. The molecule has 2 N–H and O–H groups in total. The lowest BCUT2D eigenvalue weighted by Crippen LogP contribution is -2.36. The van der Waals surface area contributed by atoms with Crippen LogP contribution in [0.3, 0.4) is 0 Å². The summed E-state index contributed by atoms with van der Waals surface area (Å²) < 4.78 is 18.9. The molecule has 12 nitrogen and oxygen atoms in total. The molecule has 6 heterocycles. The second-order valence-corrected chi connectivity index (χ2v) is 24.3. The van der Waals surface area contributed by atoms with E-state index < -0.39 is 19.3 Å². The Labute approximate surface area is 356 Å². The molecule has 8 rings (SSSR count). The Kier molecular flexibility index (Phi) is 13.5. The fourth-order valence-corrected chi connectivity index (χ4v) is 8.58. The van der Waals surface area contributed by atoms with Gasteiger partial charge in [0.25, 0.3) is 0 Å². The Morgan fingerprint density at radius 1 is 0.717 bits per heavy atom. The number of pyridine rings is 2. The fourth-order valence-electron chi connectivity index (χ4n) is 7.83. The van der Waals surface area contributed by atoms with Crippen LogP contribution in [-0.4, -0.2) is 114 Å². The zero-order valence-electron chi connectivity index (χ0n) is 36.6. The summed E-state index contributed by atoms with van der Waals surface area (Å²) in [5.41, 5.74) is 8.24. The van der Waals surface area contributed by atoms with E-state index >= 15 is 0 Å². The number of benzene rings is 2. The van der Waals surface area contributed by atoms with Crippen molar-refractivity contribution >= 4 is 36.3 Å². The van der Waals surface area contributed by atoms with Gasteiger partial charge in [-0.2, -0.15) is 5.10 Å². The Bertz CT molecular complexity index is 2260. The van der Waals surface area contributed by atoms with Crippen LogP contribution in [0, 0.1) is 0 Å². The summed E-state index contributed by atoms with van der Waals surface area (Å²) in [7, 11) is -1.15. The average Bonchev–Trinajstić information content (AvgIpc) is 3.80. The molecule has 2 fully saturated rings. The first-order valence-electron chi connectivity index (χ1n) is 21.4. The number of aliphatic imine (C=N–C) groups is 1. The van der Waals surface area contributed by atoms with Crippen LogP contribution in [0.4, 0.5) is 11.6 Å². The molecule has 13 heteroatoms. The number of anilines is 2. The molecule has 320 valence electrons. The largest absolute Gasteiger partial charge is 0.390 e. The number of hydrogen-bond donors (Lipinski definition) is 2. The van der Waals surface area contributed by atoms with Gasteiger partial charge in [-0.25, -0.2) is 14.6 Å². The first-order valence-corrected chi connectivity index (χ1v) is 25.1. The van der Waals surface area contributed by atoms with Crippen LogP contribution in [0.5, 0.6) is 0 Å². The summed E-state index contributed by atoms with van der Waals surface area (Å²) in [5, 5.41) is 26.5. The molecule has 60 heavy (non-hydrogen) atoms. The SMILES string of the molecule is CC(C)(O)Cc1ccc2c(c1)C(c1ccnc(N3CCOCC3)c1)=NC2.CC(C)(O)Cc1ccc2c(c1)c(-c1ccnc(N3CCOCC3)c1)nn2COCC[Si](C)(C)C. The topological polar surface area (TPSA) is 131 Å². The van der Waals surface area contributed by atoms with Gasteiger partial charge >= 0.3 is 0 Å². The monoisotopic (exact) mass is 833 g/mol. The van der Waals surface area contributed by atoms with Gasteiger partial charge in [0, 0.05) is 88.2 Å². The van der Waals surface area contributed by atoms with Crippen molar-refractivity contribution in [2.75, 3.05) is 69.0 Å². The van der Waals surface area contributed by atoms with E-state index in [9.17, 15) is 10.2 Å². The van der Waals surface area contributed by atoms with E-state index in [0.29, 0.717) is 26.1 Å². The summed E-state index contributed by atoms with van der Waals surface area (Å²) in [4.78, 5) is 18.4. The zero-order chi connectivity index (χ0) is 42.5. The second-order valence-electron chi connectivity index (χ2n) is 18.7. The maximum absolute atomic E-state index is 10.4. The summed E-state index contributed by atoms with van der Waals surface area (Å²) >= 11 is 0. The van der Waals surface area contributed by atoms with Crippen LogP contribution in [0.2, 0.25) is 25.7 Å². The lowest BCUT2D eigenvalue weighted by atomic mass is 9.93. The summed E-state index contributed by atoms with van der Waals surface area (Å²) in [5.74, 6) is 1.93. The number of hydrogen-bond acceptors (Lipinski definition) is 11. The van der Waals surface area contributed by atoms with Crippen LogP contribution in [-0.2, 0) is 40.3 Å². The number of morpholine rings is 2. The van der Waals surface area contributed by atoms with Gasteiger partial charge < -0.3 is 34.2 Å². The Balaban J connectivity index is 0.000000188. The fraction of sp³-hybridized carbons (Fsp3) is 0.489. The molecule has 2 saturated heterocycles. The molecule has 0 aliphatic carbocycles. The van der Waals surface area contributed by atoms with E-state index in [1.165, 1.54) is 11.1 Å². The van der Waals surface area contributed by atoms with E-state index in [1.807, 2.05) is 56.9 Å². The van der Waals surface area contributed by atoms with Crippen molar-refractivity contribution in [3.8, 4) is 11.3 Å². The molecule has 2 aromatic carbocycles. The minimum atomic E-state index is -1.15. The smallest absolute Gasteiger partial charge is 0.140 e. The minimum Gasteiger partial charge on any atom is -0.390 e. The predicted molar refractivity (Wildman–Crippen MR) is 243 cm³/mol. The number of aliphatic hydroxyl groups is 2. The van der Waals surface area contributed by atoms with Crippen LogP contribution in [0.1, 0.15) is 55.5 Å². The third-order valence-corrected chi connectivity index (χ3v) is 12.5. The van der Waals surface area contributed by atoms with Gasteiger partial charge in [-0.05, 0) is 92.9 Å². The third kappa shape index (κ3) is 11.6. The summed E-state index contributed by atoms with van der Waals surface area (Å²) in [6.07, 6.45) is 4.93. The van der Waals surface area contributed by atoms with Crippen molar-refractivity contribution in [3.05, 3.63) is 101 Å². The number of ether oxygens (including phenoxy) is 3.